The molecule has 0 bridgehead atoms. The van der Waals surface area contributed by atoms with Crippen LogP contribution in [0.3, 0.4) is 0 Å². The van der Waals surface area contributed by atoms with Crippen LogP contribution < -0.4 is 5.73 Å². The highest BCUT2D eigenvalue weighted by atomic mass is 35.5. The molecular weight excluding hydrogens is 279 g/mol. The molecule has 0 saturated carbocycles. The lowest BCUT2D eigenvalue weighted by molar-refractivity contribution is 0.103. The third kappa shape index (κ3) is 2.80. The second-order valence-electron chi connectivity index (χ2n) is 4.45. The predicted octanol–water partition coefficient (Wildman–Crippen LogP) is 3.64. The summed E-state index contributed by atoms with van der Waals surface area (Å²) in [5.41, 5.74) is 6.11. The van der Waals surface area contributed by atoms with Crippen molar-refractivity contribution in [2.75, 3.05) is 5.73 Å². The molecule has 1 heterocycles. The lowest BCUT2D eigenvalue weighted by atomic mass is 9.99. The van der Waals surface area contributed by atoms with Gasteiger partial charge in [-0.2, -0.15) is 0 Å². The monoisotopic (exact) mass is 292 g/mol. The van der Waals surface area contributed by atoms with Crippen molar-refractivity contribution in [3.63, 3.8) is 0 Å². The maximum absolute atomic E-state index is 14.4. The van der Waals surface area contributed by atoms with Crippen molar-refractivity contribution >= 4 is 23.2 Å². The molecule has 0 fully saturated rings. The van der Waals surface area contributed by atoms with Gasteiger partial charge >= 0.3 is 0 Å². The van der Waals surface area contributed by atoms with E-state index in [9.17, 15) is 9.18 Å². The number of rotatable bonds is 4. The molecule has 20 heavy (non-hydrogen) atoms. The third-order valence-electron chi connectivity index (χ3n) is 2.97. The number of carbonyl (C=O) groups excluding carboxylic acids is 1. The van der Waals surface area contributed by atoms with Crippen molar-refractivity contribution in [3.05, 3.63) is 58.0 Å². The van der Waals surface area contributed by atoms with E-state index in [0.717, 1.165) is 6.42 Å². The lowest BCUT2D eigenvalue weighted by Gasteiger charge is -2.09. The summed E-state index contributed by atoms with van der Waals surface area (Å²) >= 11 is 5.97. The Labute approximate surface area is 121 Å². The SMILES string of the molecule is CCCc1ccc(Cl)c(C(=O)c2ccc(N)nc2)c1F. The van der Waals surface area contributed by atoms with Gasteiger partial charge in [-0.25, -0.2) is 9.37 Å². The van der Waals surface area contributed by atoms with E-state index in [1.807, 2.05) is 6.92 Å². The topological polar surface area (TPSA) is 56.0 Å². The molecule has 2 rings (SSSR count). The Bertz CT molecular complexity index is 641. The highest BCUT2D eigenvalue weighted by Crippen LogP contribution is 2.26. The van der Waals surface area contributed by atoms with Gasteiger partial charge in [0.2, 0.25) is 0 Å². The quantitative estimate of drug-likeness (QED) is 0.875. The zero-order valence-corrected chi connectivity index (χ0v) is 11.7. The van der Waals surface area contributed by atoms with Crippen LogP contribution in [0.25, 0.3) is 0 Å². The highest BCUT2D eigenvalue weighted by molar-refractivity contribution is 6.35. The molecule has 0 atom stereocenters. The molecule has 0 aliphatic rings. The maximum Gasteiger partial charge on any atom is 0.199 e. The normalized spacial score (nSPS) is 10.6. The van der Waals surface area contributed by atoms with Crippen molar-refractivity contribution in [1.29, 1.82) is 0 Å². The summed E-state index contributed by atoms with van der Waals surface area (Å²) in [5.74, 6) is -0.744. The van der Waals surface area contributed by atoms with Crippen LogP contribution in [-0.2, 0) is 6.42 Å². The van der Waals surface area contributed by atoms with Crippen LogP contribution in [-0.4, -0.2) is 10.8 Å². The van der Waals surface area contributed by atoms with Gasteiger partial charge in [-0.15, -0.1) is 0 Å². The van der Waals surface area contributed by atoms with Crippen LogP contribution in [0.4, 0.5) is 10.2 Å². The second-order valence-corrected chi connectivity index (χ2v) is 4.85. The number of anilines is 1. The number of carbonyl (C=O) groups is 1. The van der Waals surface area contributed by atoms with Gasteiger partial charge in [-0.1, -0.05) is 31.0 Å². The molecule has 0 saturated heterocycles. The average Bonchev–Trinajstić information content (AvgIpc) is 2.43. The van der Waals surface area contributed by atoms with Crippen LogP contribution in [0.1, 0.15) is 34.8 Å². The Kier molecular flexibility index (Phi) is 4.35. The summed E-state index contributed by atoms with van der Waals surface area (Å²) in [5, 5.41) is 0.101. The first kappa shape index (κ1) is 14.5. The van der Waals surface area contributed by atoms with E-state index in [4.69, 9.17) is 17.3 Å². The molecular formula is C15H14ClFN2O. The molecule has 0 spiro atoms. The summed E-state index contributed by atoms with van der Waals surface area (Å²) in [6.07, 6.45) is 2.67. The average molecular weight is 293 g/mol. The molecule has 1 aromatic carbocycles. The third-order valence-corrected chi connectivity index (χ3v) is 3.28. The Morgan fingerprint density at radius 2 is 2.10 bits per heavy atom. The van der Waals surface area contributed by atoms with Crippen molar-refractivity contribution in [2.24, 2.45) is 0 Å². The number of hydrogen-bond acceptors (Lipinski definition) is 3. The maximum atomic E-state index is 14.4. The number of aromatic nitrogens is 1. The predicted molar refractivity (Wildman–Crippen MR) is 77.5 cm³/mol. The largest absolute Gasteiger partial charge is 0.384 e. The van der Waals surface area contributed by atoms with Gasteiger partial charge in [0.15, 0.2) is 5.78 Å². The van der Waals surface area contributed by atoms with Crippen LogP contribution in [0.15, 0.2) is 30.5 Å². The summed E-state index contributed by atoms with van der Waals surface area (Å²) in [6, 6.07) is 6.16. The van der Waals surface area contributed by atoms with Crippen LogP contribution in [0, 0.1) is 5.82 Å². The van der Waals surface area contributed by atoms with Gasteiger partial charge in [-0.3, -0.25) is 4.79 Å². The van der Waals surface area contributed by atoms with Crippen molar-refractivity contribution in [2.45, 2.75) is 19.8 Å². The number of halogens is 2. The summed E-state index contributed by atoms with van der Waals surface area (Å²) in [7, 11) is 0. The number of aryl methyl sites for hydroxylation is 1. The van der Waals surface area contributed by atoms with Gasteiger partial charge in [0.1, 0.15) is 11.6 Å². The van der Waals surface area contributed by atoms with Gasteiger partial charge in [0, 0.05) is 11.8 Å². The molecule has 3 nitrogen and oxygen atoms in total. The molecule has 0 radical (unpaired) electrons. The standard InChI is InChI=1S/C15H14ClFN2O/c1-2-3-9-4-6-11(16)13(14(9)17)15(20)10-5-7-12(18)19-8-10/h4-8H,2-3H2,1H3,(H2,18,19). The van der Waals surface area contributed by atoms with Crippen LogP contribution in [0.2, 0.25) is 5.02 Å². The second kappa shape index (κ2) is 6.01. The molecule has 5 heteroatoms. The van der Waals surface area contributed by atoms with E-state index < -0.39 is 11.6 Å². The number of nitrogen functional groups attached to an aromatic ring is 1. The molecule has 104 valence electrons. The fraction of sp³-hybridized carbons (Fsp3) is 0.200. The van der Waals surface area contributed by atoms with Crippen molar-refractivity contribution < 1.29 is 9.18 Å². The zero-order chi connectivity index (χ0) is 14.7. The molecule has 0 aliphatic carbocycles. The zero-order valence-electron chi connectivity index (χ0n) is 11.0. The number of hydrogen-bond donors (Lipinski definition) is 1. The van der Waals surface area contributed by atoms with Crippen molar-refractivity contribution in [1.82, 2.24) is 4.98 Å². The number of pyridine rings is 1. The Morgan fingerprint density at radius 3 is 2.70 bits per heavy atom. The van der Waals surface area contributed by atoms with E-state index in [2.05, 4.69) is 4.98 Å². The summed E-state index contributed by atoms with van der Waals surface area (Å²) in [4.78, 5) is 16.2. The molecule has 1 aromatic heterocycles. The number of ketones is 1. The summed E-state index contributed by atoms with van der Waals surface area (Å²) < 4.78 is 14.4. The number of nitrogens with zero attached hydrogens (tertiary/aromatic N) is 1. The first-order chi connectivity index (χ1) is 9.54. The van der Waals surface area contributed by atoms with E-state index >= 15 is 0 Å². The Hall–Kier alpha value is -1.94. The van der Waals surface area contributed by atoms with E-state index in [-0.39, 0.29) is 16.1 Å². The molecule has 2 aromatic rings. The minimum Gasteiger partial charge on any atom is -0.384 e. The highest BCUT2D eigenvalue weighted by Gasteiger charge is 2.20. The van der Waals surface area contributed by atoms with Gasteiger partial charge in [0.25, 0.3) is 0 Å². The molecule has 0 unspecified atom stereocenters. The van der Waals surface area contributed by atoms with Gasteiger partial charge in [0.05, 0.1) is 10.6 Å². The summed E-state index contributed by atoms with van der Waals surface area (Å²) in [6.45, 7) is 1.94. The molecule has 2 N–H and O–H groups in total. The first-order valence-electron chi connectivity index (χ1n) is 6.27. The number of nitrogens with two attached hydrogens (primary N) is 1. The Morgan fingerprint density at radius 1 is 1.35 bits per heavy atom. The van der Waals surface area contributed by atoms with Crippen LogP contribution in [0.5, 0.6) is 0 Å². The van der Waals surface area contributed by atoms with Gasteiger partial charge in [-0.05, 0) is 30.2 Å². The minimum atomic E-state index is -0.554. The minimum absolute atomic E-state index is 0.101. The van der Waals surface area contributed by atoms with Gasteiger partial charge < -0.3 is 5.73 Å². The smallest absolute Gasteiger partial charge is 0.199 e. The number of benzene rings is 1. The van der Waals surface area contributed by atoms with E-state index in [0.29, 0.717) is 17.8 Å². The fourth-order valence-electron chi connectivity index (χ4n) is 1.95. The molecule has 0 amide bonds. The lowest BCUT2D eigenvalue weighted by Crippen LogP contribution is -2.08. The molecule has 0 aliphatic heterocycles. The first-order valence-corrected chi connectivity index (χ1v) is 6.65. The Balaban J connectivity index is 2.48. The van der Waals surface area contributed by atoms with Crippen LogP contribution >= 0.6 is 11.6 Å². The van der Waals surface area contributed by atoms with E-state index in [1.165, 1.54) is 18.3 Å². The van der Waals surface area contributed by atoms with E-state index in [1.54, 1.807) is 12.1 Å². The fourth-order valence-corrected chi connectivity index (χ4v) is 2.18. The van der Waals surface area contributed by atoms with Crippen molar-refractivity contribution in [3.8, 4) is 0 Å².